The largest absolute Gasteiger partial charge is 0.426 e. The molecule has 7 nitrogen and oxygen atoms in total. The van der Waals surface area contributed by atoms with E-state index in [4.69, 9.17) is 4.74 Å². The zero-order valence-corrected chi connectivity index (χ0v) is 17.6. The molecule has 1 saturated heterocycles. The molecule has 0 radical (unpaired) electrons. The number of benzene rings is 2. The molecule has 2 aliphatic heterocycles. The number of ether oxygens (including phenoxy) is 1. The second-order valence-electron chi connectivity index (χ2n) is 7.78. The maximum atomic E-state index is 12.8. The molecule has 0 spiro atoms. The minimum Gasteiger partial charge on any atom is -0.426 e. The maximum absolute atomic E-state index is 12.8. The Morgan fingerprint density at radius 3 is 2.47 bits per heavy atom. The Labute approximate surface area is 176 Å². The highest BCUT2D eigenvalue weighted by Crippen LogP contribution is 2.29. The van der Waals surface area contributed by atoms with Gasteiger partial charge in [0.25, 0.3) is 0 Å². The van der Waals surface area contributed by atoms with Gasteiger partial charge in [0.05, 0.1) is 10.8 Å². The van der Waals surface area contributed by atoms with Crippen molar-refractivity contribution in [2.24, 2.45) is 5.92 Å². The van der Waals surface area contributed by atoms with Gasteiger partial charge in [-0.2, -0.15) is 4.31 Å². The van der Waals surface area contributed by atoms with Gasteiger partial charge in [0, 0.05) is 25.2 Å². The van der Waals surface area contributed by atoms with E-state index in [-0.39, 0.29) is 35.8 Å². The van der Waals surface area contributed by atoms with Gasteiger partial charge in [-0.15, -0.1) is 0 Å². The minimum absolute atomic E-state index is 0.0143. The van der Waals surface area contributed by atoms with Gasteiger partial charge in [0.15, 0.2) is 0 Å². The van der Waals surface area contributed by atoms with Gasteiger partial charge < -0.3 is 10.1 Å². The second-order valence-corrected chi connectivity index (χ2v) is 9.72. The third-order valence-electron chi connectivity index (χ3n) is 5.64. The lowest BCUT2D eigenvalue weighted by Gasteiger charge is -2.30. The number of nitrogens with one attached hydrogen (secondary N) is 1. The molecule has 2 aromatic carbocycles. The monoisotopic (exact) mass is 428 g/mol. The number of carbonyl (C=O) groups excluding carboxylic acids is 2. The van der Waals surface area contributed by atoms with E-state index in [1.165, 1.54) is 4.31 Å². The Bertz CT molecular complexity index is 1070. The van der Waals surface area contributed by atoms with Gasteiger partial charge in [-0.3, -0.25) is 9.59 Å². The second kappa shape index (κ2) is 8.20. The highest BCUT2D eigenvalue weighted by atomic mass is 32.2. The van der Waals surface area contributed by atoms with Gasteiger partial charge in [0.1, 0.15) is 5.75 Å². The van der Waals surface area contributed by atoms with Crippen molar-refractivity contribution in [2.75, 3.05) is 18.4 Å². The molecule has 2 heterocycles. The number of hydrogen-bond donors (Lipinski definition) is 1. The predicted octanol–water partition coefficient (Wildman–Crippen LogP) is 2.89. The van der Waals surface area contributed by atoms with E-state index in [1.807, 2.05) is 6.92 Å². The lowest BCUT2D eigenvalue weighted by molar-refractivity contribution is -0.140. The first-order valence-corrected chi connectivity index (χ1v) is 11.5. The fourth-order valence-electron chi connectivity index (χ4n) is 3.81. The van der Waals surface area contributed by atoms with Gasteiger partial charge in [-0.1, -0.05) is 17.7 Å². The van der Waals surface area contributed by atoms with Crippen LogP contribution in [-0.4, -0.2) is 37.7 Å². The molecule has 0 saturated carbocycles. The van der Waals surface area contributed by atoms with E-state index < -0.39 is 10.0 Å². The average Bonchev–Trinajstić information content (AvgIpc) is 2.74. The van der Waals surface area contributed by atoms with Crippen LogP contribution < -0.4 is 10.1 Å². The molecule has 0 bridgehead atoms. The molecule has 30 heavy (non-hydrogen) atoms. The van der Waals surface area contributed by atoms with E-state index in [9.17, 15) is 18.0 Å². The van der Waals surface area contributed by atoms with E-state index >= 15 is 0 Å². The number of esters is 1. The first kappa shape index (κ1) is 20.6. The molecule has 1 N–H and O–H groups in total. The number of rotatable bonds is 4. The first-order valence-electron chi connectivity index (χ1n) is 10.0. The summed E-state index contributed by atoms with van der Waals surface area (Å²) in [6, 6.07) is 12.0. The topological polar surface area (TPSA) is 92.8 Å². The summed E-state index contributed by atoms with van der Waals surface area (Å²) in [5.41, 5.74) is 2.69. The molecule has 0 atom stereocenters. The Kier molecular flexibility index (Phi) is 5.62. The fourth-order valence-corrected chi connectivity index (χ4v) is 5.28. The maximum Gasteiger partial charge on any atom is 0.314 e. The standard InChI is InChI=1S/C22H24N2O5S/c1-15-2-6-19(7-3-15)30(27,28)24-12-10-16(11-13-24)22(26)29-18-5-8-20-17(14-18)4-9-21(25)23-20/h2-3,5-8,14,16H,4,9-13H2,1H3,(H,23,25). The highest BCUT2D eigenvalue weighted by Gasteiger charge is 2.33. The molecule has 4 rings (SSSR count). The van der Waals surface area contributed by atoms with E-state index in [0.717, 1.165) is 16.8 Å². The summed E-state index contributed by atoms with van der Waals surface area (Å²) >= 11 is 0. The van der Waals surface area contributed by atoms with Crippen molar-refractivity contribution in [1.29, 1.82) is 0 Å². The minimum atomic E-state index is -3.55. The van der Waals surface area contributed by atoms with Crippen LogP contribution in [0.5, 0.6) is 5.75 Å². The molecule has 158 valence electrons. The van der Waals surface area contributed by atoms with Crippen molar-refractivity contribution in [3.8, 4) is 5.75 Å². The number of hydrogen-bond acceptors (Lipinski definition) is 5. The zero-order valence-electron chi connectivity index (χ0n) is 16.8. The number of nitrogens with zero attached hydrogens (tertiary/aromatic N) is 1. The van der Waals surface area contributed by atoms with Gasteiger partial charge >= 0.3 is 5.97 Å². The number of piperidine rings is 1. The van der Waals surface area contributed by atoms with Gasteiger partial charge in [-0.25, -0.2) is 8.42 Å². The van der Waals surface area contributed by atoms with Crippen LogP contribution in [-0.2, 0) is 26.0 Å². The molecule has 1 fully saturated rings. The number of carbonyl (C=O) groups is 2. The van der Waals surface area contributed by atoms with Crippen LogP contribution in [0.25, 0.3) is 0 Å². The Morgan fingerprint density at radius 2 is 1.77 bits per heavy atom. The molecule has 0 unspecified atom stereocenters. The van der Waals surface area contributed by atoms with Crippen molar-refractivity contribution in [2.45, 2.75) is 37.5 Å². The summed E-state index contributed by atoms with van der Waals surface area (Å²) < 4.78 is 32.6. The van der Waals surface area contributed by atoms with Crippen LogP contribution >= 0.6 is 0 Å². The Balaban J connectivity index is 1.36. The third-order valence-corrected chi connectivity index (χ3v) is 7.55. The first-order chi connectivity index (χ1) is 14.3. The van der Waals surface area contributed by atoms with Crippen LogP contribution in [0.3, 0.4) is 0 Å². The number of fused-ring (bicyclic) bond motifs is 1. The number of aryl methyl sites for hydroxylation is 2. The summed E-state index contributed by atoms with van der Waals surface area (Å²) in [6.45, 7) is 2.48. The van der Waals surface area contributed by atoms with Gasteiger partial charge in [0.2, 0.25) is 15.9 Å². The molecule has 8 heteroatoms. The van der Waals surface area contributed by atoms with E-state index in [0.29, 0.717) is 31.4 Å². The predicted molar refractivity (Wildman–Crippen MR) is 112 cm³/mol. The van der Waals surface area contributed by atoms with Crippen molar-refractivity contribution < 1.29 is 22.7 Å². The van der Waals surface area contributed by atoms with Crippen LogP contribution in [0.15, 0.2) is 47.4 Å². The molecular weight excluding hydrogens is 404 g/mol. The summed E-state index contributed by atoms with van der Waals surface area (Å²) in [4.78, 5) is 24.3. The van der Waals surface area contributed by atoms with Crippen LogP contribution in [0.1, 0.15) is 30.4 Å². The summed E-state index contributed by atoms with van der Waals surface area (Å²) in [5, 5.41) is 2.80. The fraction of sp³-hybridized carbons (Fsp3) is 0.364. The quantitative estimate of drug-likeness (QED) is 0.597. The lowest BCUT2D eigenvalue weighted by Crippen LogP contribution is -2.41. The average molecular weight is 429 g/mol. The van der Waals surface area contributed by atoms with Crippen LogP contribution in [0.2, 0.25) is 0 Å². The molecule has 0 aliphatic carbocycles. The molecule has 0 aromatic heterocycles. The van der Waals surface area contributed by atoms with E-state index in [1.54, 1.807) is 42.5 Å². The Hall–Kier alpha value is -2.71. The van der Waals surface area contributed by atoms with Crippen molar-refractivity contribution in [3.05, 3.63) is 53.6 Å². The number of sulfonamides is 1. The zero-order chi connectivity index (χ0) is 21.3. The SMILES string of the molecule is Cc1ccc(S(=O)(=O)N2CCC(C(=O)Oc3ccc4c(c3)CCC(=O)N4)CC2)cc1. The summed E-state index contributed by atoms with van der Waals surface area (Å²) in [6.07, 6.45) is 1.87. The van der Waals surface area contributed by atoms with E-state index in [2.05, 4.69) is 5.32 Å². The van der Waals surface area contributed by atoms with Crippen LogP contribution in [0, 0.1) is 12.8 Å². The highest BCUT2D eigenvalue weighted by molar-refractivity contribution is 7.89. The van der Waals surface area contributed by atoms with Crippen molar-refractivity contribution in [1.82, 2.24) is 4.31 Å². The number of anilines is 1. The van der Waals surface area contributed by atoms with Gasteiger partial charge in [-0.05, 0) is 62.1 Å². The molecule has 2 aromatic rings. The Morgan fingerprint density at radius 1 is 1.07 bits per heavy atom. The summed E-state index contributed by atoms with van der Waals surface area (Å²) in [7, 11) is -3.55. The number of amides is 1. The smallest absolute Gasteiger partial charge is 0.314 e. The van der Waals surface area contributed by atoms with Crippen LogP contribution in [0.4, 0.5) is 5.69 Å². The molecule has 2 aliphatic rings. The lowest BCUT2D eigenvalue weighted by atomic mass is 9.98. The third kappa shape index (κ3) is 4.24. The normalized spacial score (nSPS) is 17.8. The molecular formula is C22H24N2O5S. The van der Waals surface area contributed by atoms with Crippen molar-refractivity contribution >= 4 is 27.6 Å². The molecule has 1 amide bonds. The summed E-state index contributed by atoms with van der Waals surface area (Å²) in [5.74, 6) is -0.253. The van der Waals surface area contributed by atoms with Crippen molar-refractivity contribution in [3.63, 3.8) is 0 Å².